The van der Waals surface area contributed by atoms with Gasteiger partial charge >= 0.3 is 5.97 Å². The highest BCUT2D eigenvalue weighted by molar-refractivity contribution is 5.79. The van der Waals surface area contributed by atoms with Crippen LogP contribution < -0.4 is 0 Å². The molecule has 4 nitrogen and oxygen atoms in total. The number of nitrogens with zero attached hydrogens (tertiary/aromatic N) is 1. The summed E-state index contributed by atoms with van der Waals surface area (Å²) in [5.41, 5.74) is 0. The van der Waals surface area contributed by atoms with Crippen molar-refractivity contribution in [3.63, 3.8) is 0 Å². The Labute approximate surface area is 84.2 Å². The van der Waals surface area contributed by atoms with Crippen LogP contribution in [-0.4, -0.2) is 37.0 Å². The number of hydrogen-bond donors (Lipinski definition) is 0. The molecule has 0 spiro atoms. The Hall–Kier alpha value is -1.06. The number of rotatable bonds is 2. The molecule has 1 amide bonds. The summed E-state index contributed by atoms with van der Waals surface area (Å²) in [5, 5.41) is 0. The van der Waals surface area contributed by atoms with Crippen LogP contribution in [0.4, 0.5) is 0 Å². The number of hydrogen-bond acceptors (Lipinski definition) is 3. The molecule has 0 aromatic rings. The maximum atomic E-state index is 11.4. The number of methoxy groups -OCH3 is 1. The van der Waals surface area contributed by atoms with Crippen LogP contribution in [0, 0.1) is 11.8 Å². The van der Waals surface area contributed by atoms with E-state index in [1.54, 1.807) is 4.90 Å². The van der Waals surface area contributed by atoms with E-state index in [2.05, 4.69) is 4.74 Å². The van der Waals surface area contributed by atoms with Crippen molar-refractivity contribution in [2.24, 2.45) is 11.8 Å². The van der Waals surface area contributed by atoms with Crippen LogP contribution in [0.1, 0.15) is 20.3 Å². The number of ether oxygens (including phenoxy) is 1. The number of esters is 1. The van der Waals surface area contributed by atoms with Gasteiger partial charge in [-0.2, -0.15) is 0 Å². The summed E-state index contributed by atoms with van der Waals surface area (Å²) in [7, 11) is 1.39. The van der Waals surface area contributed by atoms with E-state index >= 15 is 0 Å². The molecule has 1 aliphatic rings. The third-order valence-corrected chi connectivity index (χ3v) is 2.77. The molecule has 14 heavy (non-hydrogen) atoms. The second-order valence-electron chi connectivity index (χ2n) is 3.76. The Morgan fingerprint density at radius 3 is 2.57 bits per heavy atom. The Morgan fingerprint density at radius 1 is 1.43 bits per heavy atom. The molecular weight excluding hydrogens is 182 g/mol. The van der Waals surface area contributed by atoms with E-state index in [0.717, 1.165) is 0 Å². The first-order chi connectivity index (χ1) is 6.60. The monoisotopic (exact) mass is 199 g/mol. The minimum Gasteiger partial charge on any atom is -0.469 e. The highest BCUT2D eigenvalue weighted by Gasteiger charge is 2.36. The molecule has 1 rings (SSSR count). The van der Waals surface area contributed by atoms with E-state index in [0.29, 0.717) is 19.5 Å². The van der Waals surface area contributed by atoms with E-state index in [9.17, 15) is 9.59 Å². The fraction of sp³-hybridized carbons (Fsp3) is 0.800. The maximum absolute atomic E-state index is 11.4. The van der Waals surface area contributed by atoms with E-state index < -0.39 is 0 Å². The van der Waals surface area contributed by atoms with Gasteiger partial charge in [0.2, 0.25) is 5.91 Å². The summed E-state index contributed by atoms with van der Waals surface area (Å²) >= 11 is 0. The lowest BCUT2D eigenvalue weighted by Crippen LogP contribution is -2.29. The fourth-order valence-electron chi connectivity index (χ4n) is 1.85. The van der Waals surface area contributed by atoms with Crippen molar-refractivity contribution in [1.29, 1.82) is 0 Å². The largest absolute Gasteiger partial charge is 0.469 e. The van der Waals surface area contributed by atoms with Gasteiger partial charge in [-0.3, -0.25) is 9.59 Å². The lowest BCUT2D eigenvalue weighted by Gasteiger charge is -2.14. The molecule has 1 saturated heterocycles. The van der Waals surface area contributed by atoms with E-state index in [4.69, 9.17) is 0 Å². The topological polar surface area (TPSA) is 46.6 Å². The van der Waals surface area contributed by atoms with Gasteiger partial charge in [-0.05, 0) is 5.92 Å². The molecule has 0 bridgehead atoms. The van der Waals surface area contributed by atoms with Crippen molar-refractivity contribution in [2.45, 2.75) is 20.3 Å². The normalized spacial score (nSPS) is 26.4. The molecule has 0 aliphatic carbocycles. The van der Waals surface area contributed by atoms with Gasteiger partial charge in [0.05, 0.1) is 13.0 Å². The molecule has 80 valence electrons. The van der Waals surface area contributed by atoms with Crippen LogP contribution in [0.5, 0.6) is 0 Å². The molecule has 0 aromatic carbocycles. The second-order valence-corrected chi connectivity index (χ2v) is 3.76. The van der Waals surface area contributed by atoms with Gasteiger partial charge in [0.1, 0.15) is 0 Å². The van der Waals surface area contributed by atoms with E-state index in [1.165, 1.54) is 7.11 Å². The first-order valence-electron chi connectivity index (χ1n) is 4.95. The predicted octanol–water partition coefficient (Wildman–Crippen LogP) is 0.664. The van der Waals surface area contributed by atoms with Crippen LogP contribution in [0.25, 0.3) is 0 Å². The number of likely N-dealkylation sites (tertiary alicyclic amines) is 1. The zero-order valence-electron chi connectivity index (χ0n) is 8.95. The van der Waals surface area contributed by atoms with Gasteiger partial charge < -0.3 is 9.64 Å². The molecule has 1 aliphatic heterocycles. The average molecular weight is 199 g/mol. The molecule has 4 heteroatoms. The zero-order chi connectivity index (χ0) is 10.7. The molecule has 2 unspecified atom stereocenters. The maximum Gasteiger partial charge on any atom is 0.310 e. The molecule has 0 N–H and O–H groups in total. The van der Waals surface area contributed by atoms with Gasteiger partial charge in [0.25, 0.3) is 0 Å². The molecule has 1 heterocycles. The fourth-order valence-corrected chi connectivity index (χ4v) is 1.85. The third kappa shape index (κ3) is 2.05. The Balaban J connectivity index is 2.59. The molecule has 0 aromatic heterocycles. The van der Waals surface area contributed by atoms with Gasteiger partial charge in [-0.25, -0.2) is 0 Å². The summed E-state index contributed by atoms with van der Waals surface area (Å²) in [6.45, 7) is 5.00. The van der Waals surface area contributed by atoms with Gasteiger partial charge in [-0.1, -0.05) is 13.8 Å². The molecule has 0 radical (unpaired) electrons. The molecular formula is C10H17NO3. The van der Waals surface area contributed by atoms with Gasteiger partial charge in [-0.15, -0.1) is 0 Å². The van der Waals surface area contributed by atoms with E-state index in [1.807, 2.05) is 13.8 Å². The Kier molecular flexibility index (Phi) is 3.49. The summed E-state index contributed by atoms with van der Waals surface area (Å²) < 4.78 is 4.69. The summed E-state index contributed by atoms with van der Waals surface area (Å²) in [4.78, 5) is 24.5. The van der Waals surface area contributed by atoms with Crippen molar-refractivity contribution in [1.82, 2.24) is 4.90 Å². The van der Waals surface area contributed by atoms with Gasteiger partial charge in [0.15, 0.2) is 0 Å². The summed E-state index contributed by atoms with van der Waals surface area (Å²) in [6, 6.07) is 0. The Morgan fingerprint density at radius 2 is 2.07 bits per heavy atom. The lowest BCUT2D eigenvalue weighted by atomic mass is 9.99. The van der Waals surface area contributed by atoms with E-state index in [-0.39, 0.29) is 23.7 Å². The minimum absolute atomic E-state index is 0.114. The molecule has 1 fully saturated rings. The first kappa shape index (κ1) is 11.0. The smallest absolute Gasteiger partial charge is 0.310 e. The van der Waals surface area contributed by atoms with Crippen molar-refractivity contribution in [3.8, 4) is 0 Å². The third-order valence-electron chi connectivity index (χ3n) is 2.77. The number of carbonyl (C=O) groups excluding carboxylic acids is 2. The second kappa shape index (κ2) is 4.44. The average Bonchev–Trinajstić information content (AvgIpc) is 2.58. The molecule has 2 atom stereocenters. The van der Waals surface area contributed by atoms with Crippen LogP contribution in [0.2, 0.25) is 0 Å². The van der Waals surface area contributed by atoms with Crippen molar-refractivity contribution >= 4 is 11.9 Å². The van der Waals surface area contributed by atoms with Crippen molar-refractivity contribution in [3.05, 3.63) is 0 Å². The van der Waals surface area contributed by atoms with Crippen LogP contribution in [0.3, 0.4) is 0 Å². The highest BCUT2D eigenvalue weighted by Crippen LogP contribution is 2.24. The number of amides is 1. The minimum atomic E-state index is -0.205. The Bertz CT molecular complexity index is 240. The lowest BCUT2D eigenvalue weighted by molar-refractivity contribution is -0.146. The SMILES string of the molecule is CCC(=O)N1CC(C)C(C(=O)OC)C1. The van der Waals surface area contributed by atoms with Crippen LogP contribution in [0.15, 0.2) is 0 Å². The van der Waals surface area contributed by atoms with Crippen LogP contribution >= 0.6 is 0 Å². The van der Waals surface area contributed by atoms with Crippen molar-refractivity contribution < 1.29 is 14.3 Å². The summed E-state index contributed by atoms with van der Waals surface area (Å²) in [5.74, 6) is -0.0272. The molecule has 0 saturated carbocycles. The van der Waals surface area contributed by atoms with Gasteiger partial charge in [0, 0.05) is 19.5 Å². The predicted molar refractivity (Wildman–Crippen MR) is 51.5 cm³/mol. The van der Waals surface area contributed by atoms with Crippen molar-refractivity contribution in [2.75, 3.05) is 20.2 Å². The zero-order valence-corrected chi connectivity index (χ0v) is 8.95. The standard InChI is InChI=1S/C10H17NO3/c1-4-9(12)11-5-7(2)8(6-11)10(13)14-3/h7-8H,4-6H2,1-3H3. The highest BCUT2D eigenvalue weighted by atomic mass is 16.5. The number of carbonyl (C=O) groups is 2. The first-order valence-corrected chi connectivity index (χ1v) is 4.95. The summed E-state index contributed by atoms with van der Waals surface area (Å²) in [6.07, 6.45) is 0.501. The quantitative estimate of drug-likeness (QED) is 0.614. The van der Waals surface area contributed by atoms with Crippen LogP contribution in [-0.2, 0) is 14.3 Å².